The standard InChI is InChI=1S/C16H18N2O4S/c1-3-23(20,21)18-13-9-7-12(8-10-13)16(19)17-14-5-4-6-15(11-14)22-2/h4-11,18H,3H2,1-2H3,(H,17,19). The molecule has 0 saturated heterocycles. The van der Waals surface area contributed by atoms with E-state index in [1.807, 2.05) is 0 Å². The molecule has 7 heteroatoms. The van der Waals surface area contributed by atoms with Crippen LogP contribution < -0.4 is 14.8 Å². The zero-order valence-corrected chi connectivity index (χ0v) is 13.7. The van der Waals surface area contributed by atoms with Crippen LogP contribution in [0.5, 0.6) is 5.75 Å². The molecule has 0 saturated carbocycles. The fraction of sp³-hybridized carbons (Fsp3) is 0.188. The molecule has 0 aromatic heterocycles. The molecular weight excluding hydrogens is 316 g/mol. The Morgan fingerprint density at radius 3 is 2.39 bits per heavy atom. The normalized spacial score (nSPS) is 10.9. The molecule has 2 aromatic carbocycles. The first-order valence-corrected chi connectivity index (χ1v) is 8.64. The van der Waals surface area contributed by atoms with Crippen molar-refractivity contribution in [1.29, 1.82) is 0 Å². The van der Waals surface area contributed by atoms with Crippen LogP contribution in [0.2, 0.25) is 0 Å². The van der Waals surface area contributed by atoms with E-state index in [9.17, 15) is 13.2 Å². The van der Waals surface area contributed by atoms with Gasteiger partial charge in [-0.3, -0.25) is 9.52 Å². The molecule has 2 rings (SSSR count). The zero-order chi connectivity index (χ0) is 16.9. The van der Waals surface area contributed by atoms with Crippen LogP contribution in [0.15, 0.2) is 48.5 Å². The molecule has 2 N–H and O–H groups in total. The molecular formula is C16H18N2O4S. The topological polar surface area (TPSA) is 84.5 Å². The third kappa shape index (κ3) is 4.72. The summed E-state index contributed by atoms with van der Waals surface area (Å²) in [4.78, 5) is 12.2. The Morgan fingerprint density at radius 2 is 1.78 bits per heavy atom. The average Bonchev–Trinajstić information content (AvgIpc) is 2.55. The van der Waals surface area contributed by atoms with Gasteiger partial charge < -0.3 is 10.1 Å². The second-order valence-corrected chi connectivity index (χ2v) is 6.78. The van der Waals surface area contributed by atoms with Crippen molar-refractivity contribution in [3.05, 3.63) is 54.1 Å². The Morgan fingerprint density at radius 1 is 1.09 bits per heavy atom. The first kappa shape index (κ1) is 16.8. The maximum absolute atomic E-state index is 12.2. The van der Waals surface area contributed by atoms with E-state index < -0.39 is 10.0 Å². The second kappa shape index (κ2) is 7.15. The second-order valence-electron chi connectivity index (χ2n) is 4.77. The first-order chi connectivity index (χ1) is 10.9. The van der Waals surface area contributed by atoms with Crippen molar-refractivity contribution in [3.8, 4) is 5.75 Å². The van der Waals surface area contributed by atoms with Gasteiger partial charge in [-0.05, 0) is 43.3 Å². The first-order valence-electron chi connectivity index (χ1n) is 6.99. The number of ether oxygens (including phenoxy) is 1. The third-order valence-corrected chi connectivity index (χ3v) is 4.43. The summed E-state index contributed by atoms with van der Waals surface area (Å²) in [5, 5.41) is 2.75. The summed E-state index contributed by atoms with van der Waals surface area (Å²) < 4.78 is 30.5. The van der Waals surface area contributed by atoms with E-state index in [-0.39, 0.29) is 11.7 Å². The number of rotatable bonds is 6. The predicted molar refractivity (Wildman–Crippen MR) is 90.5 cm³/mol. The van der Waals surface area contributed by atoms with Crippen LogP contribution in [-0.4, -0.2) is 27.2 Å². The van der Waals surface area contributed by atoms with Crippen molar-refractivity contribution >= 4 is 27.3 Å². The fourth-order valence-corrected chi connectivity index (χ4v) is 2.48. The van der Waals surface area contributed by atoms with Crippen LogP contribution in [-0.2, 0) is 10.0 Å². The van der Waals surface area contributed by atoms with Gasteiger partial charge in [0.25, 0.3) is 5.91 Å². The Labute approximate surface area is 135 Å². The molecule has 0 atom stereocenters. The van der Waals surface area contributed by atoms with Crippen LogP contribution in [0.3, 0.4) is 0 Å². The molecule has 0 aliphatic carbocycles. The average molecular weight is 334 g/mol. The van der Waals surface area contributed by atoms with Crippen molar-refractivity contribution in [2.24, 2.45) is 0 Å². The Hall–Kier alpha value is -2.54. The summed E-state index contributed by atoms with van der Waals surface area (Å²) >= 11 is 0. The summed E-state index contributed by atoms with van der Waals surface area (Å²) in [6, 6.07) is 13.2. The number of sulfonamides is 1. The maximum Gasteiger partial charge on any atom is 0.255 e. The minimum absolute atomic E-state index is 0.00885. The van der Waals surface area contributed by atoms with Crippen LogP contribution in [0.1, 0.15) is 17.3 Å². The van der Waals surface area contributed by atoms with Gasteiger partial charge in [-0.15, -0.1) is 0 Å². The molecule has 0 spiro atoms. The lowest BCUT2D eigenvalue weighted by atomic mass is 10.2. The lowest BCUT2D eigenvalue weighted by molar-refractivity contribution is 0.102. The van der Waals surface area contributed by atoms with E-state index in [1.165, 1.54) is 0 Å². The fourth-order valence-electron chi connectivity index (χ4n) is 1.85. The van der Waals surface area contributed by atoms with Gasteiger partial charge in [0.2, 0.25) is 10.0 Å². The summed E-state index contributed by atoms with van der Waals surface area (Å²) in [6.45, 7) is 1.55. The monoisotopic (exact) mass is 334 g/mol. The molecule has 0 fully saturated rings. The highest BCUT2D eigenvalue weighted by Gasteiger charge is 2.09. The quantitative estimate of drug-likeness (QED) is 0.850. The smallest absolute Gasteiger partial charge is 0.255 e. The molecule has 6 nitrogen and oxygen atoms in total. The van der Waals surface area contributed by atoms with E-state index in [4.69, 9.17) is 4.74 Å². The van der Waals surface area contributed by atoms with Crippen molar-refractivity contribution in [2.45, 2.75) is 6.92 Å². The van der Waals surface area contributed by atoms with Crippen LogP contribution in [0.4, 0.5) is 11.4 Å². The number of anilines is 2. The lowest BCUT2D eigenvalue weighted by Crippen LogP contribution is -2.15. The van der Waals surface area contributed by atoms with Crippen molar-refractivity contribution in [1.82, 2.24) is 0 Å². The molecule has 0 radical (unpaired) electrons. The van der Waals surface area contributed by atoms with Gasteiger partial charge >= 0.3 is 0 Å². The van der Waals surface area contributed by atoms with Gasteiger partial charge in [0.15, 0.2) is 0 Å². The van der Waals surface area contributed by atoms with Gasteiger partial charge in [0.1, 0.15) is 5.75 Å². The maximum atomic E-state index is 12.2. The van der Waals surface area contributed by atoms with E-state index in [2.05, 4.69) is 10.0 Å². The molecule has 0 aliphatic heterocycles. The molecule has 2 aromatic rings. The molecule has 0 heterocycles. The number of carbonyl (C=O) groups excluding carboxylic acids is 1. The third-order valence-electron chi connectivity index (χ3n) is 3.13. The van der Waals surface area contributed by atoms with Gasteiger partial charge in [0.05, 0.1) is 12.9 Å². The number of carbonyl (C=O) groups is 1. The molecule has 23 heavy (non-hydrogen) atoms. The number of nitrogens with one attached hydrogen (secondary N) is 2. The van der Waals surface area contributed by atoms with Gasteiger partial charge in [-0.1, -0.05) is 6.07 Å². The number of methoxy groups -OCH3 is 1. The Kier molecular flexibility index (Phi) is 5.23. The van der Waals surface area contributed by atoms with Crippen molar-refractivity contribution in [3.63, 3.8) is 0 Å². The summed E-state index contributed by atoms with van der Waals surface area (Å²) in [5.74, 6) is 0.348. The summed E-state index contributed by atoms with van der Waals surface area (Å²) in [5.41, 5.74) is 1.46. The van der Waals surface area contributed by atoms with Crippen LogP contribution >= 0.6 is 0 Å². The van der Waals surface area contributed by atoms with E-state index >= 15 is 0 Å². The molecule has 122 valence electrons. The molecule has 0 aliphatic rings. The zero-order valence-electron chi connectivity index (χ0n) is 12.9. The van der Waals surface area contributed by atoms with Crippen LogP contribution in [0.25, 0.3) is 0 Å². The van der Waals surface area contributed by atoms with E-state index in [0.29, 0.717) is 22.7 Å². The predicted octanol–water partition coefficient (Wildman–Crippen LogP) is 2.71. The largest absolute Gasteiger partial charge is 0.497 e. The minimum Gasteiger partial charge on any atom is -0.497 e. The number of hydrogen-bond donors (Lipinski definition) is 2. The van der Waals surface area contributed by atoms with Crippen molar-refractivity contribution in [2.75, 3.05) is 22.9 Å². The van der Waals surface area contributed by atoms with E-state index in [1.54, 1.807) is 62.6 Å². The summed E-state index contributed by atoms with van der Waals surface area (Å²) in [6.07, 6.45) is 0. The van der Waals surface area contributed by atoms with Gasteiger partial charge in [-0.2, -0.15) is 0 Å². The molecule has 1 amide bonds. The van der Waals surface area contributed by atoms with Crippen molar-refractivity contribution < 1.29 is 17.9 Å². The number of benzene rings is 2. The highest BCUT2D eigenvalue weighted by atomic mass is 32.2. The minimum atomic E-state index is -3.33. The highest BCUT2D eigenvalue weighted by molar-refractivity contribution is 7.92. The number of amides is 1. The SMILES string of the molecule is CCS(=O)(=O)Nc1ccc(C(=O)Nc2cccc(OC)c2)cc1. The highest BCUT2D eigenvalue weighted by Crippen LogP contribution is 2.18. The van der Waals surface area contributed by atoms with Gasteiger partial charge in [-0.25, -0.2) is 8.42 Å². The summed E-state index contributed by atoms with van der Waals surface area (Å²) in [7, 11) is -1.77. The number of hydrogen-bond acceptors (Lipinski definition) is 4. The van der Waals surface area contributed by atoms with Crippen LogP contribution in [0, 0.1) is 0 Å². The Balaban J connectivity index is 2.08. The van der Waals surface area contributed by atoms with Gasteiger partial charge in [0, 0.05) is 23.0 Å². The Bertz CT molecular complexity index is 786. The van der Waals surface area contributed by atoms with E-state index in [0.717, 1.165) is 0 Å². The lowest BCUT2D eigenvalue weighted by Gasteiger charge is -2.09. The molecule has 0 bridgehead atoms. The molecule has 0 unspecified atom stereocenters.